The van der Waals surface area contributed by atoms with Crippen LogP contribution in [-0.4, -0.2) is 8.42 Å². The molecule has 0 saturated carbocycles. The molecular weight excluding hydrogens is 200 g/mol. The van der Waals surface area contributed by atoms with Crippen LogP contribution >= 0.6 is 0 Å². The lowest BCUT2D eigenvalue weighted by molar-refractivity contribution is 0.584. The van der Waals surface area contributed by atoms with E-state index in [0.717, 1.165) is 18.4 Å². The van der Waals surface area contributed by atoms with Crippen molar-refractivity contribution in [2.24, 2.45) is 5.84 Å². The van der Waals surface area contributed by atoms with Crippen molar-refractivity contribution >= 4 is 10.0 Å². The van der Waals surface area contributed by atoms with Gasteiger partial charge in [0.05, 0.1) is 4.90 Å². The number of hydrogen-bond donors (Lipinski definition) is 2. The highest BCUT2D eigenvalue weighted by Gasteiger charge is 2.10. The maximum atomic E-state index is 11.2. The van der Waals surface area contributed by atoms with Gasteiger partial charge in [-0.3, -0.25) is 5.84 Å². The molecule has 0 heterocycles. The number of nitrogens with two attached hydrogens (primary N) is 1. The summed E-state index contributed by atoms with van der Waals surface area (Å²) in [5.41, 5.74) is 1.13. The molecule has 0 spiro atoms. The van der Waals surface area contributed by atoms with Crippen molar-refractivity contribution in [1.82, 2.24) is 4.83 Å². The number of rotatable bonds is 4. The second-order valence-electron chi connectivity index (χ2n) is 3.02. The average molecular weight is 214 g/mol. The molecule has 0 aliphatic heterocycles. The normalized spacial score (nSPS) is 11.6. The molecule has 0 atom stereocenters. The number of nitrogens with one attached hydrogen (secondary N) is 1. The minimum absolute atomic E-state index is 0.194. The fraction of sp³-hybridized carbons (Fsp3) is 0.333. The number of benzene rings is 1. The van der Waals surface area contributed by atoms with Gasteiger partial charge in [-0.2, -0.15) is 4.83 Å². The molecule has 3 N–H and O–H groups in total. The summed E-state index contributed by atoms with van der Waals surface area (Å²) in [5, 5.41) is 0. The molecule has 0 unspecified atom stereocenters. The Balaban J connectivity index is 2.94. The molecule has 0 aliphatic carbocycles. The first kappa shape index (κ1) is 11.2. The van der Waals surface area contributed by atoms with E-state index in [1.165, 1.54) is 0 Å². The van der Waals surface area contributed by atoms with Crippen LogP contribution in [0, 0.1) is 0 Å². The van der Waals surface area contributed by atoms with E-state index in [1.54, 1.807) is 29.1 Å². The van der Waals surface area contributed by atoms with Crippen molar-refractivity contribution in [2.45, 2.75) is 24.7 Å². The first-order chi connectivity index (χ1) is 6.60. The van der Waals surface area contributed by atoms with Gasteiger partial charge in [-0.1, -0.05) is 25.5 Å². The van der Waals surface area contributed by atoms with Crippen LogP contribution in [0.2, 0.25) is 0 Å². The minimum Gasteiger partial charge on any atom is -0.257 e. The van der Waals surface area contributed by atoms with Gasteiger partial charge >= 0.3 is 0 Å². The van der Waals surface area contributed by atoms with E-state index >= 15 is 0 Å². The molecule has 0 aliphatic rings. The summed E-state index contributed by atoms with van der Waals surface area (Å²) in [6.45, 7) is 2.08. The highest BCUT2D eigenvalue weighted by molar-refractivity contribution is 7.89. The molecular formula is C9H14N2O2S. The van der Waals surface area contributed by atoms with Crippen molar-refractivity contribution in [3.05, 3.63) is 29.8 Å². The Morgan fingerprint density at radius 1 is 1.29 bits per heavy atom. The molecule has 0 fully saturated rings. The Kier molecular flexibility index (Phi) is 3.62. The van der Waals surface area contributed by atoms with Gasteiger partial charge in [0.25, 0.3) is 10.0 Å². The molecule has 0 bridgehead atoms. The van der Waals surface area contributed by atoms with Crippen LogP contribution in [0.1, 0.15) is 18.9 Å². The zero-order valence-electron chi connectivity index (χ0n) is 8.03. The molecule has 0 aromatic heterocycles. The van der Waals surface area contributed by atoms with E-state index < -0.39 is 10.0 Å². The van der Waals surface area contributed by atoms with Gasteiger partial charge in [-0.25, -0.2) is 8.42 Å². The smallest absolute Gasteiger partial charge is 0.253 e. The van der Waals surface area contributed by atoms with Crippen LogP contribution in [0.5, 0.6) is 0 Å². The molecule has 1 rings (SSSR count). The van der Waals surface area contributed by atoms with Gasteiger partial charge in [0, 0.05) is 0 Å². The number of hydrogen-bond acceptors (Lipinski definition) is 3. The first-order valence-electron chi connectivity index (χ1n) is 4.41. The van der Waals surface area contributed by atoms with Crippen molar-refractivity contribution in [3.63, 3.8) is 0 Å². The third kappa shape index (κ3) is 2.54. The molecule has 1 aromatic rings. The summed E-state index contributed by atoms with van der Waals surface area (Å²) in [4.78, 5) is 1.98. The minimum atomic E-state index is -3.50. The number of hydrazine groups is 1. The van der Waals surface area contributed by atoms with E-state index in [4.69, 9.17) is 5.84 Å². The summed E-state index contributed by atoms with van der Waals surface area (Å²) < 4.78 is 22.5. The number of aryl methyl sites for hydroxylation is 1. The highest BCUT2D eigenvalue weighted by Crippen LogP contribution is 2.10. The Morgan fingerprint density at radius 2 is 1.86 bits per heavy atom. The molecule has 4 nitrogen and oxygen atoms in total. The predicted molar refractivity (Wildman–Crippen MR) is 54.9 cm³/mol. The van der Waals surface area contributed by atoms with E-state index in [2.05, 4.69) is 6.92 Å². The lowest BCUT2D eigenvalue weighted by atomic mass is 10.1. The van der Waals surface area contributed by atoms with Crippen LogP contribution in [0.15, 0.2) is 29.2 Å². The lowest BCUT2D eigenvalue weighted by Gasteiger charge is -2.03. The largest absolute Gasteiger partial charge is 0.257 e. The fourth-order valence-corrected chi connectivity index (χ4v) is 1.82. The third-order valence-corrected chi connectivity index (χ3v) is 3.13. The fourth-order valence-electron chi connectivity index (χ4n) is 1.19. The molecule has 1 aromatic carbocycles. The van der Waals surface area contributed by atoms with E-state index in [0.29, 0.717) is 0 Å². The van der Waals surface area contributed by atoms with Crippen LogP contribution in [0.25, 0.3) is 0 Å². The molecule has 0 amide bonds. The molecule has 78 valence electrons. The van der Waals surface area contributed by atoms with Crippen molar-refractivity contribution < 1.29 is 8.42 Å². The molecule has 0 radical (unpaired) electrons. The van der Waals surface area contributed by atoms with Gasteiger partial charge in [-0.15, -0.1) is 0 Å². The average Bonchev–Trinajstić information content (AvgIpc) is 2.19. The summed E-state index contributed by atoms with van der Waals surface area (Å²) >= 11 is 0. The van der Waals surface area contributed by atoms with Crippen molar-refractivity contribution in [1.29, 1.82) is 0 Å². The summed E-state index contributed by atoms with van der Waals surface area (Å²) in [5.74, 6) is 4.90. The van der Waals surface area contributed by atoms with Crippen LogP contribution in [0.4, 0.5) is 0 Å². The Morgan fingerprint density at radius 3 is 2.29 bits per heavy atom. The first-order valence-corrected chi connectivity index (χ1v) is 5.90. The Hall–Kier alpha value is -0.910. The van der Waals surface area contributed by atoms with Crippen LogP contribution in [-0.2, 0) is 16.4 Å². The lowest BCUT2D eigenvalue weighted by Crippen LogP contribution is -2.30. The second kappa shape index (κ2) is 4.54. The maximum Gasteiger partial charge on any atom is 0.253 e. The Bertz CT molecular complexity index is 384. The summed E-state index contributed by atoms with van der Waals surface area (Å²) in [6, 6.07) is 6.71. The van der Waals surface area contributed by atoms with Crippen LogP contribution in [0.3, 0.4) is 0 Å². The van der Waals surface area contributed by atoms with Gasteiger partial charge in [-0.05, 0) is 24.1 Å². The van der Waals surface area contributed by atoms with Gasteiger partial charge in [0.2, 0.25) is 0 Å². The van der Waals surface area contributed by atoms with Crippen molar-refractivity contribution in [3.8, 4) is 0 Å². The van der Waals surface area contributed by atoms with E-state index in [1.807, 2.05) is 0 Å². The van der Waals surface area contributed by atoms with Crippen molar-refractivity contribution in [2.75, 3.05) is 0 Å². The van der Waals surface area contributed by atoms with Gasteiger partial charge in [0.1, 0.15) is 0 Å². The van der Waals surface area contributed by atoms with E-state index in [-0.39, 0.29) is 4.90 Å². The molecule has 0 saturated heterocycles. The standard InChI is InChI=1S/C9H14N2O2S/c1-2-3-8-4-6-9(7-5-8)14(12,13)11-10/h4-7,11H,2-3,10H2,1H3. The zero-order valence-corrected chi connectivity index (χ0v) is 8.84. The monoisotopic (exact) mass is 214 g/mol. The Labute approximate surface area is 84.1 Å². The molecule has 14 heavy (non-hydrogen) atoms. The predicted octanol–water partition coefficient (Wildman–Crippen LogP) is 0.791. The molecule has 5 heteroatoms. The summed E-state index contributed by atoms with van der Waals surface area (Å²) in [7, 11) is -3.50. The van der Waals surface area contributed by atoms with Crippen LogP contribution < -0.4 is 10.7 Å². The summed E-state index contributed by atoms with van der Waals surface area (Å²) in [6.07, 6.45) is 2.00. The topological polar surface area (TPSA) is 72.2 Å². The second-order valence-corrected chi connectivity index (χ2v) is 4.73. The SMILES string of the molecule is CCCc1ccc(S(=O)(=O)NN)cc1. The number of sulfonamides is 1. The zero-order chi connectivity index (χ0) is 10.6. The maximum absolute atomic E-state index is 11.2. The van der Waals surface area contributed by atoms with Gasteiger partial charge in [0.15, 0.2) is 0 Å². The third-order valence-electron chi connectivity index (χ3n) is 1.93. The van der Waals surface area contributed by atoms with Gasteiger partial charge < -0.3 is 0 Å². The highest BCUT2D eigenvalue weighted by atomic mass is 32.2. The van der Waals surface area contributed by atoms with E-state index in [9.17, 15) is 8.42 Å². The quantitative estimate of drug-likeness (QED) is 0.575.